The number of hydrogen-bond acceptors (Lipinski definition) is 2. The van der Waals surface area contributed by atoms with Crippen LogP contribution < -0.4 is 5.63 Å². The molecule has 0 radical (unpaired) electrons. The Balaban J connectivity index is 2.63. The molecule has 2 aromatic rings. The summed E-state index contributed by atoms with van der Waals surface area (Å²) in [4.78, 5) is 11.3. The first kappa shape index (κ1) is 10.7. The molecule has 0 unspecified atom stereocenters. The highest BCUT2D eigenvalue weighted by molar-refractivity contribution is 5.62. The van der Waals surface area contributed by atoms with Crippen LogP contribution in [-0.2, 0) is 0 Å². The van der Waals surface area contributed by atoms with Crippen LogP contribution in [0.4, 0.5) is 0 Å². The highest BCUT2D eigenvalue weighted by Gasteiger charge is 2.05. The Morgan fingerprint density at radius 1 is 0.938 bits per heavy atom. The maximum absolute atomic E-state index is 11.3. The van der Waals surface area contributed by atoms with E-state index < -0.39 is 0 Å². The van der Waals surface area contributed by atoms with Gasteiger partial charge >= 0.3 is 5.63 Å². The van der Waals surface area contributed by atoms with Crippen LogP contribution in [0.15, 0.2) is 39.5 Å². The molecule has 82 valence electrons. The highest BCUT2D eigenvalue weighted by atomic mass is 16.4. The van der Waals surface area contributed by atoms with Crippen molar-refractivity contribution in [3.63, 3.8) is 0 Å². The van der Waals surface area contributed by atoms with Crippen molar-refractivity contribution in [3.05, 3.63) is 57.4 Å². The smallest absolute Gasteiger partial charge is 0.336 e. The quantitative estimate of drug-likeness (QED) is 0.729. The summed E-state index contributed by atoms with van der Waals surface area (Å²) < 4.78 is 5.21. The van der Waals surface area contributed by atoms with Crippen LogP contribution in [0.1, 0.15) is 16.7 Å². The summed E-state index contributed by atoms with van der Waals surface area (Å²) in [5, 5.41) is 0. The van der Waals surface area contributed by atoms with Crippen molar-refractivity contribution in [2.24, 2.45) is 0 Å². The third kappa shape index (κ3) is 2.06. The van der Waals surface area contributed by atoms with Crippen LogP contribution in [0.25, 0.3) is 11.3 Å². The molecule has 0 atom stereocenters. The Hall–Kier alpha value is -1.83. The van der Waals surface area contributed by atoms with Gasteiger partial charge in [-0.3, -0.25) is 0 Å². The molecule has 0 spiro atoms. The van der Waals surface area contributed by atoms with Crippen molar-refractivity contribution in [3.8, 4) is 11.3 Å². The SMILES string of the molecule is Cc1ccc(-c2cc(C)cc(=O)o2)c(C)c1. The first-order valence-corrected chi connectivity index (χ1v) is 5.26. The van der Waals surface area contributed by atoms with Gasteiger partial charge in [-0.05, 0) is 38.0 Å². The Kier molecular flexibility index (Phi) is 2.65. The van der Waals surface area contributed by atoms with E-state index in [1.807, 2.05) is 39.0 Å². The van der Waals surface area contributed by atoms with Gasteiger partial charge < -0.3 is 4.42 Å². The number of benzene rings is 1. The molecule has 16 heavy (non-hydrogen) atoms. The fraction of sp³-hybridized carbons (Fsp3) is 0.214. The molecule has 0 aliphatic heterocycles. The fourth-order valence-electron chi connectivity index (χ4n) is 1.82. The molecule has 2 nitrogen and oxygen atoms in total. The molecule has 0 N–H and O–H groups in total. The minimum Gasteiger partial charge on any atom is -0.423 e. The van der Waals surface area contributed by atoms with E-state index in [4.69, 9.17) is 4.42 Å². The van der Waals surface area contributed by atoms with Gasteiger partial charge in [0.05, 0.1) is 0 Å². The summed E-state index contributed by atoms with van der Waals surface area (Å²) in [6, 6.07) is 9.47. The molecule has 0 amide bonds. The van der Waals surface area contributed by atoms with Crippen LogP contribution >= 0.6 is 0 Å². The third-order valence-corrected chi connectivity index (χ3v) is 2.56. The van der Waals surface area contributed by atoms with Crippen molar-refractivity contribution in [2.45, 2.75) is 20.8 Å². The van der Waals surface area contributed by atoms with Crippen LogP contribution in [-0.4, -0.2) is 0 Å². The summed E-state index contributed by atoms with van der Waals surface area (Å²) in [6.07, 6.45) is 0. The molecule has 1 heterocycles. The van der Waals surface area contributed by atoms with Crippen LogP contribution in [0.3, 0.4) is 0 Å². The zero-order valence-electron chi connectivity index (χ0n) is 9.70. The summed E-state index contributed by atoms with van der Waals surface area (Å²) in [7, 11) is 0. The largest absolute Gasteiger partial charge is 0.423 e. The van der Waals surface area contributed by atoms with E-state index in [9.17, 15) is 4.79 Å². The van der Waals surface area contributed by atoms with Crippen molar-refractivity contribution >= 4 is 0 Å². The number of hydrogen-bond donors (Lipinski definition) is 0. The van der Waals surface area contributed by atoms with E-state index in [-0.39, 0.29) is 5.63 Å². The Morgan fingerprint density at radius 2 is 1.69 bits per heavy atom. The van der Waals surface area contributed by atoms with Gasteiger partial charge in [-0.25, -0.2) is 4.79 Å². The summed E-state index contributed by atoms with van der Waals surface area (Å²) >= 11 is 0. The zero-order valence-corrected chi connectivity index (χ0v) is 9.70. The minimum atomic E-state index is -0.296. The maximum atomic E-state index is 11.3. The Morgan fingerprint density at radius 3 is 2.31 bits per heavy atom. The molecule has 2 rings (SSSR count). The molecule has 0 aliphatic carbocycles. The average molecular weight is 214 g/mol. The molecular weight excluding hydrogens is 200 g/mol. The van der Waals surface area contributed by atoms with Gasteiger partial charge in [0.15, 0.2) is 0 Å². The molecule has 1 aromatic heterocycles. The van der Waals surface area contributed by atoms with E-state index in [0.29, 0.717) is 5.76 Å². The third-order valence-electron chi connectivity index (χ3n) is 2.56. The van der Waals surface area contributed by atoms with E-state index in [1.165, 1.54) is 11.6 Å². The summed E-state index contributed by atoms with van der Waals surface area (Å²) in [5.74, 6) is 0.641. The lowest BCUT2D eigenvalue weighted by molar-refractivity contribution is 0.524. The van der Waals surface area contributed by atoms with Gasteiger partial charge in [0.25, 0.3) is 0 Å². The van der Waals surface area contributed by atoms with Crippen LogP contribution in [0.5, 0.6) is 0 Å². The Bertz CT molecular complexity index is 580. The molecule has 0 bridgehead atoms. The lowest BCUT2D eigenvalue weighted by Crippen LogP contribution is -1.98. The van der Waals surface area contributed by atoms with E-state index in [2.05, 4.69) is 6.07 Å². The highest BCUT2D eigenvalue weighted by Crippen LogP contribution is 2.23. The Labute approximate surface area is 94.5 Å². The zero-order chi connectivity index (χ0) is 11.7. The molecule has 0 fully saturated rings. The van der Waals surface area contributed by atoms with Crippen molar-refractivity contribution in [2.75, 3.05) is 0 Å². The van der Waals surface area contributed by atoms with E-state index in [0.717, 1.165) is 16.7 Å². The summed E-state index contributed by atoms with van der Waals surface area (Å²) in [5.41, 5.74) is 3.93. The predicted octanol–water partition coefficient (Wildman–Crippen LogP) is 3.23. The van der Waals surface area contributed by atoms with Crippen molar-refractivity contribution < 1.29 is 4.42 Å². The van der Waals surface area contributed by atoms with Gasteiger partial charge in [-0.15, -0.1) is 0 Å². The molecule has 0 saturated heterocycles. The normalized spacial score (nSPS) is 10.4. The number of rotatable bonds is 1. The topological polar surface area (TPSA) is 30.2 Å². The van der Waals surface area contributed by atoms with E-state index >= 15 is 0 Å². The van der Waals surface area contributed by atoms with Gasteiger partial charge in [-0.1, -0.05) is 23.8 Å². The van der Waals surface area contributed by atoms with Gasteiger partial charge in [0.1, 0.15) is 5.76 Å². The second-order valence-corrected chi connectivity index (χ2v) is 4.14. The molecule has 1 aromatic carbocycles. The second-order valence-electron chi connectivity index (χ2n) is 4.14. The molecule has 0 aliphatic rings. The lowest BCUT2D eigenvalue weighted by atomic mass is 10.0. The number of aryl methyl sites for hydroxylation is 3. The lowest BCUT2D eigenvalue weighted by Gasteiger charge is -2.06. The van der Waals surface area contributed by atoms with Gasteiger partial charge in [-0.2, -0.15) is 0 Å². The fourth-order valence-corrected chi connectivity index (χ4v) is 1.82. The molecule has 2 heteroatoms. The van der Waals surface area contributed by atoms with Crippen molar-refractivity contribution in [1.29, 1.82) is 0 Å². The monoisotopic (exact) mass is 214 g/mol. The predicted molar refractivity (Wildman–Crippen MR) is 64.6 cm³/mol. The van der Waals surface area contributed by atoms with E-state index in [1.54, 1.807) is 0 Å². The van der Waals surface area contributed by atoms with Gasteiger partial charge in [0.2, 0.25) is 0 Å². The minimum absolute atomic E-state index is 0.296. The van der Waals surface area contributed by atoms with Crippen molar-refractivity contribution in [1.82, 2.24) is 0 Å². The van der Waals surface area contributed by atoms with Crippen LogP contribution in [0.2, 0.25) is 0 Å². The molecular formula is C14H14O2. The second kappa shape index (κ2) is 3.97. The van der Waals surface area contributed by atoms with Gasteiger partial charge in [0, 0.05) is 11.6 Å². The standard InChI is InChI=1S/C14H14O2/c1-9-4-5-12(11(3)6-9)13-7-10(2)8-14(15)16-13/h4-8H,1-3H3. The maximum Gasteiger partial charge on any atom is 0.336 e. The molecule has 0 saturated carbocycles. The summed E-state index contributed by atoms with van der Waals surface area (Å²) in [6.45, 7) is 5.96. The first-order chi connectivity index (χ1) is 7.56. The average Bonchev–Trinajstić information content (AvgIpc) is 2.15. The van der Waals surface area contributed by atoms with Crippen LogP contribution in [0, 0.1) is 20.8 Å². The first-order valence-electron chi connectivity index (χ1n) is 5.26.